The molecule has 0 unspecified atom stereocenters. The molecule has 1 heterocycles. The summed E-state index contributed by atoms with van der Waals surface area (Å²) in [4.78, 5) is 1.89. The first-order valence-electron chi connectivity index (χ1n) is 10.1. The summed E-state index contributed by atoms with van der Waals surface area (Å²) in [6.45, 7) is 3.20. The normalized spacial score (nSPS) is 12.9. The first kappa shape index (κ1) is 17.9. The van der Waals surface area contributed by atoms with Gasteiger partial charge in [-0.25, -0.2) is 0 Å². The lowest BCUT2D eigenvalue weighted by molar-refractivity contribution is -0.539. The number of benzene rings is 2. The second-order valence-electron chi connectivity index (χ2n) is 7.13. The number of nitrogens with zero attached hydrogens (tertiary/aromatic N) is 3. The van der Waals surface area contributed by atoms with Crippen molar-refractivity contribution in [3.8, 4) is 0 Å². The molecular formula is C22H31N3. The van der Waals surface area contributed by atoms with E-state index >= 15 is 0 Å². The molecule has 0 aliphatic carbocycles. The number of rotatable bonds is 11. The molecule has 0 fully saturated rings. The van der Waals surface area contributed by atoms with E-state index in [-0.39, 0.29) is 0 Å². The van der Waals surface area contributed by atoms with Crippen LogP contribution in [0.2, 0.25) is 0 Å². The van der Waals surface area contributed by atoms with Gasteiger partial charge in [0.1, 0.15) is 0 Å². The van der Waals surface area contributed by atoms with Crippen LogP contribution >= 0.6 is 0 Å². The molecule has 3 nitrogen and oxygen atoms in total. The lowest BCUT2D eigenvalue weighted by Gasteiger charge is -2.20. The molecule has 3 heteroatoms. The fourth-order valence-electron chi connectivity index (χ4n) is 3.58. The fourth-order valence-corrected chi connectivity index (χ4v) is 3.58. The van der Waals surface area contributed by atoms with Crippen molar-refractivity contribution in [1.82, 2.24) is 0 Å². The van der Waals surface area contributed by atoms with Gasteiger partial charge in [0.15, 0.2) is 6.54 Å². The number of azo groups is 1. The molecule has 134 valence electrons. The minimum Gasteiger partial charge on any atom is -0.186 e. The van der Waals surface area contributed by atoms with Crippen LogP contribution in [0.4, 0.5) is 11.4 Å². The molecule has 1 aliphatic heterocycles. The Bertz CT molecular complexity index is 700. The third-order valence-electron chi connectivity index (χ3n) is 5.02. The lowest BCUT2D eigenvalue weighted by atomic mass is 10.1. The predicted octanol–water partition coefficient (Wildman–Crippen LogP) is 7.79. The van der Waals surface area contributed by atoms with Gasteiger partial charge in [-0.15, -0.1) is 0 Å². The molecule has 1 aliphatic rings. The van der Waals surface area contributed by atoms with Crippen molar-refractivity contribution in [2.75, 3.05) is 6.54 Å². The minimum atomic E-state index is 0.918. The highest BCUT2D eigenvalue weighted by molar-refractivity contribution is 6.02. The van der Waals surface area contributed by atoms with Crippen molar-refractivity contribution >= 4 is 22.1 Å². The quantitative estimate of drug-likeness (QED) is 0.296. The first-order chi connectivity index (χ1) is 12.4. The maximum absolute atomic E-state index is 4.71. The molecule has 0 N–H and O–H groups in total. The zero-order chi connectivity index (χ0) is 17.3. The van der Waals surface area contributed by atoms with Gasteiger partial charge in [-0.1, -0.05) is 94.7 Å². The average molecular weight is 338 g/mol. The molecule has 0 saturated heterocycles. The van der Waals surface area contributed by atoms with Gasteiger partial charge in [0, 0.05) is 17.8 Å². The van der Waals surface area contributed by atoms with Crippen LogP contribution in [-0.4, -0.2) is 11.4 Å². The zero-order valence-corrected chi connectivity index (χ0v) is 15.6. The summed E-state index contributed by atoms with van der Waals surface area (Å²) in [5, 5.41) is 7.11. The van der Waals surface area contributed by atoms with Crippen molar-refractivity contribution in [3.05, 3.63) is 41.8 Å². The number of hydrogen-bond donors (Lipinski definition) is 0. The van der Waals surface area contributed by atoms with Crippen LogP contribution < -0.4 is 0 Å². The topological polar surface area (TPSA) is 29.5 Å². The Kier molecular flexibility index (Phi) is 6.84. The molecule has 2 aromatic carbocycles. The highest BCUT2D eigenvalue weighted by Gasteiger charge is 2.11. The molecule has 0 radical (unpaired) electrons. The van der Waals surface area contributed by atoms with Crippen molar-refractivity contribution in [3.63, 3.8) is 0 Å². The van der Waals surface area contributed by atoms with E-state index in [1.54, 1.807) is 0 Å². The van der Waals surface area contributed by atoms with Gasteiger partial charge in [-0.2, -0.15) is 15.3 Å². The smallest absolute Gasteiger partial charge is 0.162 e. The van der Waals surface area contributed by atoms with E-state index in [9.17, 15) is 0 Å². The lowest BCUT2D eigenvalue weighted by Crippen LogP contribution is -2.07. The Morgan fingerprint density at radius 1 is 0.800 bits per heavy atom. The van der Waals surface area contributed by atoms with Gasteiger partial charge in [0.25, 0.3) is 0 Å². The Hall–Kier alpha value is -1.90. The van der Waals surface area contributed by atoms with E-state index in [0.717, 1.165) is 17.9 Å². The Morgan fingerprint density at radius 2 is 1.44 bits per heavy atom. The Balaban J connectivity index is 1.37. The summed E-state index contributed by atoms with van der Waals surface area (Å²) in [5.41, 5.74) is 6.81. The molecule has 2 aromatic rings. The zero-order valence-electron chi connectivity index (χ0n) is 15.6. The summed E-state index contributed by atoms with van der Waals surface area (Å²) in [7, 11) is 0. The third kappa shape index (κ3) is 5.04. The van der Waals surface area contributed by atoms with Crippen LogP contribution in [0, 0.1) is 0 Å². The standard InChI is InChI=1S/C22H31N3/c1-2-3-4-5-6-7-8-9-10-11-18-25-23-20-16-12-14-19-15-13-17-21(24-25)22(19)20/h12-17H,2-11,18H2,1H3. The summed E-state index contributed by atoms with van der Waals surface area (Å²) in [6.07, 6.45) is 13.6. The first-order valence-corrected chi connectivity index (χ1v) is 10.1. The summed E-state index contributed by atoms with van der Waals surface area (Å²) < 4.78 is 0. The second-order valence-corrected chi connectivity index (χ2v) is 7.13. The van der Waals surface area contributed by atoms with Gasteiger partial charge in [0.05, 0.1) is 0 Å². The van der Waals surface area contributed by atoms with E-state index in [1.807, 2.05) is 4.81 Å². The highest BCUT2D eigenvalue weighted by Crippen LogP contribution is 2.40. The van der Waals surface area contributed by atoms with Gasteiger partial charge < -0.3 is 0 Å². The largest absolute Gasteiger partial charge is 0.186 e. The van der Waals surface area contributed by atoms with E-state index in [1.165, 1.54) is 75.0 Å². The van der Waals surface area contributed by atoms with Crippen LogP contribution in [0.1, 0.15) is 71.1 Å². The summed E-state index contributed by atoms with van der Waals surface area (Å²) >= 11 is 0. The number of unbranched alkanes of at least 4 members (excludes halogenated alkanes) is 9. The molecular weight excluding hydrogens is 306 g/mol. The maximum Gasteiger partial charge on any atom is 0.162 e. The monoisotopic (exact) mass is 337 g/mol. The predicted molar refractivity (Wildman–Crippen MR) is 106 cm³/mol. The third-order valence-corrected chi connectivity index (χ3v) is 5.02. The minimum absolute atomic E-state index is 0.918. The van der Waals surface area contributed by atoms with E-state index in [4.69, 9.17) is 10.5 Å². The van der Waals surface area contributed by atoms with E-state index in [2.05, 4.69) is 43.3 Å². The van der Waals surface area contributed by atoms with Crippen LogP contribution in [0.5, 0.6) is 0 Å². The Labute approximate surface area is 152 Å². The molecule has 25 heavy (non-hydrogen) atoms. The van der Waals surface area contributed by atoms with Crippen LogP contribution in [0.3, 0.4) is 0 Å². The maximum atomic E-state index is 4.71. The van der Waals surface area contributed by atoms with Crippen molar-refractivity contribution < 1.29 is 4.81 Å². The fraction of sp³-hybridized carbons (Fsp3) is 0.545. The van der Waals surface area contributed by atoms with Crippen LogP contribution in [0.15, 0.2) is 41.5 Å². The molecule has 3 rings (SSSR count). The number of hydrogen-bond acceptors (Lipinski definition) is 1. The molecule has 0 saturated carbocycles. The van der Waals surface area contributed by atoms with Crippen LogP contribution in [0.25, 0.3) is 16.2 Å². The SMILES string of the molecule is CCCCCCCCCCCC[N+]1=Nc2cccc3cccc(c23)[N-]1. The second kappa shape index (κ2) is 9.55. The highest BCUT2D eigenvalue weighted by atomic mass is 15.6. The van der Waals surface area contributed by atoms with E-state index in [0.29, 0.717) is 0 Å². The molecule has 0 bridgehead atoms. The van der Waals surface area contributed by atoms with Gasteiger partial charge in [-0.05, 0) is 17.2 Å². The van der Waals surface area contributed by atoms with Gasteiger partial charge in [0.2, 0.25) is 0 Å². The van der Waals surface area contributed by atoms with Crippen molar-refractivity contribution in [1.29, 1.82) is 0 Å². The summed E-state index contributed by atoms with van der Waals surface area (Å²) in [5.74, 6) is 0. The molecule has 0 aromatic heterocycles. The molecule has 0 spiro atoms. The van der Waals surface area contributed by atoms with E-state index < -0.39 is 0 Å². The molecule has 0 atom stereocenters. The van der Waals surface area contributed by atoms with Crippen molar-refractivity contribution in [2.24, 2.45) is 5.11 Å². The average Bonchev–Trinajstić information content (AvgIpc) is 2.64. The van der Waals surface area contributed by atoms with Crippen molar-refractivity contribution in [2.45, 2.75) is 71.1 Å². The van der Waals surface area contributed by atoms with Crippen LogP contribution in [-0.2, 0) is 0 Å². The van der Waals surface area contributed by atoms with Gasteiger partial charge >= 0.3 is 0 Å². The molecule has 0 amide bonds. The van der Waals surface area contributed by atoms with Gasteiger partial charge in [-0.3, -0.25) is 0 Å². The summed E-state index contributed by atoms with van der Waals surface area (Å²) in [6, 6.07) is 12.6. The Morgan fingerprint density at radius 3 is 2.16 bits per heavy atom.